The van der Waals surface area contributed by atoms with Gasteiger partial charge in [-0.05, 0) is 5.92 Å². The molecule has 5 nitrogen and oxygen atoms in total. The summed E-state index contributed by atoms with van der Waals surface area (Å²) in [5.41, 5.74) is 0. The molecule has 1 aliphatic rings. The van der Waals surface area contributed by atoms with Crippen LogP contribution in [0, 0.1) is 5.92 Å². The van der Waals surface area contributed by atoms with Crippen LogP contribution in [0.1, 0.15) is 37.9 Å². The first-order chi connectivity index (χ1) is 7.75. The molecule has 1 N–H and O–H groups in total. The Balaban J connectivity index is 1.92. The first kappa shape index (κ1) is 11.1. The molecular weight excluding hydrogens is 206 g/mol. The van der Waals surface area contributed by atoms with Crippen molar-refractivity contribution in [3.8, 4) is 0 Å². The Morgan fingerprint density at radius 1 is 1.50 bits per heavy atom. The molecule has 1 saturated carbocycles. The number of carboxylic acid groups (broad SMARTS) is 1. The maximum Gasteiger partial charge on any atom is 0.305 e. The van der Waals surface area contributed by atoms with Crippen molar-refractivity contribution in [2.24, 2.45) is 5.92 Å². The maximum absolute atomic E-state index is 10.5. The Kier molecular flexibility index (Phi) is 3.54. The normalized spacial score (nSPS) is 16.8. The Labute approximate surface area is 94.5 Å². The Bertz CT molecular complexity index is 356. The molecule has 0 bridgehead atoms. The van der Waals surface area contributed by atoms with E-state index in [4.69, 9.17) is 5.11 Å². The molecule has 1 heterocycles. The van der Waals surface area contributed by atoms with Gasteiger partial charge in [0.2, 0.25) is 0 Å². The molecule has 0 spiro atoms. The summed E-state index contributed by atoms with van der Waals surface area (Å²) in [4.78, 5) is 10.5. The van der Waals surface area contributed by atoms with Gasteiger partial charge in [0.15, 0.2) is 0 Å². The summed E-state index contributed by atoms with van der Waals surface area (Å²) in [6.07, 6.45) is 7.88. The fourth-order valence-electron chi connectivity index (χ4n) is 2.31. The summed E-state index contributed by atoms with van der Waals surface area (Å²) in [6, 6.07) is 0. The van der Waals surface area contributed by atoms with Crippen LogP contribution in [-0.2, 0) is 17.8 Å². The minimum Gasteiger partial charge on any atom is -0.481 e. The molecular formula is C11H17N3O2. The minimum absolute atomic E-state index is 0.135. The van der Waals surface area contributed by atoms with Gasteiger partial charge in [0.25, 0.3) is 0 Å². The van der Waals surface area contributed by atoms with Gasteiger partial charge in [-0.1, -0.05) is 25.7 Å². The molecule has 0 radical (unpaired) electrons. The van der Waals surface area contributed by atoms with Crippen LogP contribution in [0.25, 0.3) is 0 Å². The summed E-state index contributed by atoms with van der Waals surface area (Å²) in [6.45, 7) is 0.477. The van der Waals surface area contributed by atoms with Gasteiger partial charge in [0.1, 0.15) is 12.2 Å². The second kappa shape index (κ2) is 5.09. The number of rotatable bonds is 5. The van der Waals surface area contributed by atoms with Crippen molar-refractivity contribution in [3.05, 3.63) is 12.2 Å². The number of hydrogen-bond donors (Lipinski definition) is 1. The van der Waals surface area contributed by atoms with Crippen LogP contribution in [0.2, 0.25) is 0 Å². The summed E-state index contributed by atoms with van der Waals surface area (Å²) in [5, 5.41) is 16.6. The molecule has 5 heteroatoms. The van der Waals surface area contributed by atoms with Crippen molar-refractivity contribution < 1.29 is 9.90 Å². The zero-order valence-electron chi connectivity index (χ0n) is 9.30. The van der Waals surface area contributed by atoms with Crippen LogP contribution in [0.5, 0.6) is 0 Å². The molecule has 0 atom stereocenters. The van der Waals surface area contributed by atoms with Crippen LogP contribution in [-0.4, -0.2) is 25.8 Å². The molecule has 0 unspecified atom stereocenters. The van der Waals surface area contributed by atoms with Gasteiger partial charge in [-0.2, -0.15) is 0 Å². The van der Waals surface area contributed by atoms with Gasteiger partial charge in [-0.25, -0.2) is 0 Å². The highest BCUT2D eigenvalue weighted by Gasteiger charge is 2.18. The standard InChI is InChI=1S/C11H17N3O2/c15-11(16)5-6-14-8-12-13-10(14)7-9-3-1-2-4-9/h8-9H,1-7H2,(H,15,16). The quantitative estimate of drug-likeness (QED) is 0.821. The predicted octanol–water partition coefficient (Wildman–Crippen LogP) is 1.49. The van der Waals surface area contributed by atoms with E-state index in [2.05, 4.69) is 10.2 Å². The van der Waals surface area contributed by atoms with Crippen LogP contribution in [0.4, 0.5) is 0 Å². The van der Waals surface area contributed by atoms with Crippen molar-refractivity contribution in [1.29, 1.82) is 0 Å². The van der Waals surface area contributed by atoms with Crippen molar-refractivity contribution in [2.45, 2.75) is 45.1 Å². The van der Waals surface area contributed by atoms with E-state index in [1.807, 2.05) is 4.57 Å². The average molecular weight is 223 g/mol. The largest absolute Gasteiger partial charge is 0.481 e. The number of aryl methyl sites for hydroxylation is 1. The molecule has 0 aromatic carbocycles. The fraction of sp³-hybridized carbons (Fsp3) is 0.727. The van der Waals surface area contributed by atoms with E-state index >= 15 is 0 Å². The maximum atomic E-state index is 10.5. The van der Waals surface area contributed by atoms with E-state index in [9.17, 15) is 4.79 Å². The molecule has 2 rings (SSSR count). The molecule has 88 valence electrons. The lowest BCUT2D eigenvalue weighted by Crippen LogP contribution is -2.10. The molecule has 1 fully saturated rings. The van der Waals surface area contributed by atoms with E-state index in [-0.39, 0.29) is 6.42 Å². The lowest BCUT2D eigenvalue weighted by Gasteiger charge is -2.09. The van der Waals surface area contributed by atoms with Gasteiger partial charge in [0, 0.05) is 13.0 Å². The van der Waals surface area contributed by atoms with Gasteiger partial charge >= 0.3 is 5.97 Å². The smallest absolute Gasteiger partial charge is 0.305 e. The van der Waals surface area contributed by atoms with Crippen molar-refractivity contribution in [3.63, 3.8) is 0 Å². The molecule has 0 amide bonds. The average Bonchev–Trinajstić information content (AvgIpc) is 2.87. The predicted molar refractivity (Wildman–Crippen MR) is 57.9 cm³/mol. The van der Waals surface area contributed by atoms with E-state index in [0.29, 0.717) is 12.5 Å². The number of hydrogen-bond acceptors (Lipinski definition) is 3. The second-order valence-electron chi connectivity index (χ2n) is 4.44. The molecule has 1 aromatic heterocycles. The number of aliphatic carboxylic acids is 1. The number of carboxylic acids is 1. The van der Waals surface area contributed by atoms with Crippen molar-refractivity contribution >= 4 is 5.97 Å². The summed E-state index contributed by atoms with van der Waals surface area (Å²) >= 11 is 0. The van der Waals surface area contributed by atoms with E-state index in [1.54, 1.807) is 6.33 Å². The highest BCUT2D eigenvalue weighted by Crippen LogP contribution is 2.27. The van der Waals surface area contributed by atoms with Gasteiger partial charge in [-0.3, -0.25) is 4.79 Å². The monoisotopic (exact) mass is 223 g/mol. The van der Waals surface area contributed by atoms with Crippen LogP contribution >= 0.6 is 0 Å². The molecule has 0 aliphatic heterocycles. The molecule has 16 heavy (non-hydrogen) atoms. The third kappa shape index (κ3) is 2.81. The number of aromatic nitrogens is 3. The Morgan fingerprint density at radius 2 is 2.25 bits per heavy atom. The SMILES string of the molecule is O=C(O)CCn1cnnc1CC1CCCC1. The van der Waals surface area contributed by atoms with E-state index < -0.39 is 5.97 Å². The fourth-order valence-corrected chi connectivity index (χ4v) is 2.31. The lowest BCUT2D eigenvalue weighted by atomic mass is 10.0. The Morgan fingerprint density at radius 3 is 2.94 bits per heavy atom. The topological polar surface area (TPSA) is 68.0 Å². The highest BCUT2D eigenvalue weighted by molar-refractivity contribution is 5.66. The van der Waals surface area contributed by atoms with Gasteiger partial charge < -0.3 is 9.67 Å². The number of nitrogens with zero attached hydrogens (tertiary/aromatic N) is 3. The first-order valence-corrected chi connectivity index (χ1v) is 5.84. The zero-order chi connectivity index (χ0) is 11.4. The molecule has 0 saturated heterocycles. The van der Waals surface area contributed by atoms with Crippen molar-refractivity contribution in [1.82, 2.24) is 14.8 Å². The highest BCUT2D eigenvalue weighted by atomic mass is 16.4. The summed E-state index contributed by atoms with van der Waals surface area (Å²) in [5.74, 6) is 0.876. The van der Waals surface area contributed by atoms with Crippen molar-refractivity contribution in [2.75, 3.05) is 0 Å². The van der Waals surface area contributed by atoms with Gasteiger partial charge in [0.05, 0.1) is 6.42 Å². The third-order valence-electron chi connectivity index (χ3n) is 3.21. The van der Waals surface area contributed by atoms with E-state index in [1.165, 1.54) is 25.7 Å². The van der Waals surface area contributed by atoms with Crippen LogP contribution in [0.15, 0.2) is 6.33 Å². The number of carbonyl (C=O) groups is 1. The second-order valence-corrected chi connectivity index (χ2v) is 4.44. The Hall–Kier alpha value is -1.39. The molecule has 1 aliphatic carbocycles. The zero-order valence-corrected chi connectivity index (χ0v) is 9.30. The molecule has 1 aromatic rings. The van der Waals surface area contributed by atoms with Crippen LogP contribution in [0.3, 0.4) is 0 Å². The summed E-state index contributed by atoms with van der Waals surface area (Å²) in [7, 11) is 0. The lowest BCUT2D eigenvalue weighted by molar-refractivity contribution is -0.137. The van der Waals surface area contributed by atoms with Crippen LogP contribution < -0.4 is 0 Å². The minimum atomic E-state index is -0.777. The van der Waals surface area contributed by atoms with E-state index in [0.717, 1.165) is 12.2 Å². The summed E-state index contributed by atoms with van der Waals surface area (Å²) < 4.78 is 1.87. The first-order valence-electron chi connectivity index (χ1n) is 5.84. The van der Waals surface area contributed by atoms with Gasteiger partial charge in [-0.15, -0.1) is 10.2 Å². The third-order valence-corrected chi connectivity index (χ3v) is 3.21.